The molecule has 1 N–H and O–H groups in total. The highest BCUT2D eigenvalue weighted by Crippen LogP contribution is 2.23. The Morgan fingerprint density at radius 2 is 1.90 bits per heavy atom. The van der Waals surface area contributed by atoms with Crippen LogP contribution in [-0.2, 0) is 0 Å². The van der Waals surface area contributed by atoms with Crippen molar-refractivity contribution in [3.05, 3.63) is 42.1 Å². The first-order valence-corrected chi connectivity index (χ1v) is 7.46. The molecule has 0 bridgehead atoms. The molecule has 0 aliphatic heterocycles. The van der Waals surface area contributed by atoms with E-state index in [1.54, 1.807) is 6.20 Å². The number of hydrogen-bond acceptors (Lipinski definition) is 2. The summed E-state index contributed by atoms with van der Waals surface area (Å²) >= 11 is 6.09. The van der Waals surface area contributed by atoms with E-state index in [9.17, 15) is 4.79 Å². The largest absolute Gasteiger partial charge is 0.349 e. The third-order valence-corrected chi connectivity index (χ3v) is 4.31. The molecule has 0 unspecified atom stereocenters. The lowest BCUT2D eigenvalue weighted by atomic mass is 9.94. The molecule has 20 heavy (non-hydrogen) atoms. The summed E-state index contributed by atoms with van der Waals surface area (Å²) < 4.78 is 0. The molecule has 3 rings (SSSR count). The second kappa shape index (κ2) is 5.80. The average molecular weight is 289 g/mol. The van der Waals surface area contributed by atoms with Crippen molar-refractivity contribution < 1.29 is 4.79 Å². The number of halogens is 1. The Morgan fingerprint density at radius 1 is 1.15 bits per heavy atom. The quantitative estimate of drug-likeness (QED) is 0.859. The van der Waals surface area contributed by atoms with E-state index in [0.717, 1.165) is 36.6 Å². The van der Waals surface area contributed by atoms with Crippen LogP contribution in [0.4, 0.5) is 0 Å². The van der Waals surface area contributed by atoms with E-state index in [1.165, 1.54) is 0 Å². The van der Waals surface area contributed by atoms with E-state index in [2.05, 4.69) is 10.3 Å². The van der Waals surface area contributed by atoms with E-state index in [1.807, 2.05) is 30.3 Å². The number of amides is 1. The molecule has 0 spiro atoms. The van der Waals surface area contributed by atoms with Crippen molar-refractivity contribution in [2.75, 3.05) is 0 Å². The molecule has 0 radical (unpaired) electrons. The van der Waals surface area contributed by atoms with E-state index in [0.29, 0.717) is 5.56 Å². The van der Waals surface area contributed by atoms with E-state index in [4.69, 9.17) is 11.6 Å². The SMILES string of the molecule is O=C(NC1CCC(Cl)CC1)c1cccc2cccnc12. The number of carbonyl (C=O) groups excluding carboxylic acids is 1. The number of alkyl halides is 1. The minimum Gasteiger partial charge on any atom is -0.349 e. The number of rotatable bonds is 2. The number of carbonyl (C=O) groups is 1. The highest BCUT2D eigenvalue weighted by atomic mass is 35.5. The van der Waals surface area contributed by atoms with E-state index in [-0.39, 0.29) is 17.3 Å². The molecule has 104 valence electrons. The predicted octanol–water partition coefficient (Wildman–Crippen LogP) is 3.51. The van der Waals surface area contributed by atoms with Crippen molar-refractivity contribution in [1.82, 2.24) is 10.3 Å². The van der Waals surface area contributed by atoms with Crippen molar-refractivity contribution >= 4 is 28.4 Å². The van der Waals surface area contributed by atoms with Gasteiger partial charge in [-0.1, -0.05) is 18.2 Å². The molecule has 1 aromatic heterocycles. The van der Waals surface area contributed by atoms with Gasteiger partial charge in [-0.3, -0.25) is 9.78 Å². The highest BCUT2D eigenvalue weighted by Gasteiger charge is 2.22. The second-order valence-electron chi connectivity index (χ2n) is 5.30. The number of pyridine rings is 1. The van der Waals surface area contributed by atoms with Crippen LogP contribution < -0.4 is 5.32 Å². The Balaban J connectivity index is 1.79. The zero-order valence-corrected chi connectivity index (χ0v) is 11.9. The number of para-hydroxylation sites is 1. The Morgan fingerprint density at radius 3 is 2.70 bits per heavy atom. The van der Waals surface area contributed by atoms with Crippen LogP contribution in [0.15, 0.2) is 36.5 Å². The number of hydrogen-bond donors (Lipinski definition) is 1. The average Bonchev–Trinajstić information content (AvgIpc) is 2.49. The molecule has 4 heteroatoms. The molecule has 0 saturated heterocycles. The highest BCUT2D eigenvalue weighted by molar-refractivity contribution is 6.20. The van der Waals surface area contributed by atoms with Crippen LogP contribution in [0.2, 0.25) is 0 Å². The summed E-state index contributed by atoms with van der Waals surface area (Å²) in [5.41, 5.74) is 1.41. The first kappa shape index (κ1) is 13.4. The summed E-state index contributed by atoms with van der Waals surface area (Å²) in [4.78, 5) is 16.7. The third kappa shape index (κ3) is 2.78. The van der Waals surface area contributed by atoms with Gasteiger partial charge < -0.3 is 5.32 Å². The van der Waals surface area contributed by atoms with Crippen LogP contribution in [0.25, 0.3) is 10.9 Å². The Hall–Kier alpha value is -1.61. The Labute approximate surface area is 123 Å². The van der Waals surface area contributed by atoms with Crippen LogP contribution in [0.1, 0.15) is 36.0 Å². The van der Waals surface area contributed by atoms with Crippen LogP contribution >= 0.6 is 11.6 Å². The van der Waals surface area contributed by atoms with Gasteiger partial charge in [0.1, 0.15) is 0 Å². The lowest BCUT2D eigenvalue weighted by Crippen LogP contribution is -2.37. The van der Waals surface area contributed by atoms with Gasteiger partial charge in [0.25, 0.3) is 5.91 Å². The summed E-state index contributed by atoms with van der Waals surface area (Å²) in [6.45, 7) is 0. The standard InChI is InChI=1S/C16H17ClN2O/c17-12-6-8-13(9-7-12)19-16(20)14-5-1-3-11-4-2-10-18-15(11)14/h1-5,10,12-13H,6-9H2,(H,19,20). The van der Waals surface area contributed by atoms with Crippen LogP contribution in [0.3, 0.4) is 0 Å². The molecule has 1 amide bonds. The summed E-state index contributed by atoms with van der Waals surface area (Å²) in [5, 5.41) is 4.37. The lowest BCUT2D eigenvalue weighted by molar-refractivity contribution is 0.0929. The number of aromatic nitrogens is 1. The molecule has 0 atom stereocenters. The molecule has 1 heterocycles. The summed E-state index contributed by atoms with van der Waals surface area (Å²) in [5.74, 6) is -0.0349. The van der Waals surface area contributed by atoms with Gasteiger partial charge in [-0.25, -0.2) is 0 Å². The Kier molecular flexibility index (Phi) is 3.88. The smallest absolute Gasteiger partial charge is 0.253 e. The van der Waals surface area contributed by atoms with Crippen molar-refractivity contribution in [3.8, 4) is 0 Å². The molecular formula is C16H17ClN2O. The van der Waals surface area contributed by atoms with Crippen molar-refractivity contribution in [2.24, 2.45) is 0 Å². The lowest BCUT2D eigenvalue weighted by Gasteiger charge is -2.25. The van der Waals surface area contributed by atoms with Gasteiger partial charge in [-0.15, -0.1) is 11.6 Å². The van der Waals surface area contributed by atoms with Gasteiger partial charge in [0, 0.05) is 23.0 Å². The summed E-state index contributed by atoms with van der Waals surface area (Å²) in [6, 6.07) is 9.78. The van der Waals surface area contributed by atoms with Gasteiger partial charge in [-0.2, -0.15) is 0 Å². The molecular weight excluding hydrogens is 272 g/mol. The molecule has 1 aliphatic carbocycles. The zero-order chi connectivity index (χ0) is 13.9. The summed E-state index contributed by atoms with van der Waals surface area (Å²) in [6.07, 6.45) is 5.58. The van der Waals surface area contributed by atoms with Gasteiger partial charge in [0.2, 0.25) is 0 Å². The molecule has 1 fully saturated rings. The van der Waals surface area contributed by atoms with Crippen molar-refractivity contribution in [2.45, 2.75) is 37.1 Å². The summed E-state index contributed by atoms with van der Waals surface area (Å²) in [7, 11) is 0. The monoisotopic (exact) mass is 288 g/mol. The van der Waals surface area contributed by atoms with Crippen LogP contribution in [0, 0.1) is 0 Å². The maximum Gasteiger partial charge on any atom is 0.253 e. The van der Waals surface area contributed by atoms with E-state index < -0.39 is 0 Å². The topological polar surface area (TPSA) is 42.0 Å². The number of nitrogens with one attached hydrogen (secondary N) is 1. The van der Waals surface area contributed by atoms with E-state index >= 15 is 0 Å². The van der Waals surface area contributed by atoms with Gasteiger partial charge in [-0.05, 0) is 37.8 Å². The molecule has 1 aliphatic rings. The fraction of sp³-hybridized carbons (Fsp3) is 0.375. The molecule has 3 nitrogen and oxygen atoms in total. The van der Waals surface area contributed by atoms with Crippen molar-refractivity contribution in [3.63, 3.8) is 0 Å². The Bertz CT molecular complexity index is 615. The van der Waals surface area contributed by atoms with Crippen LogP contribution in [-0.4, -0.2) is 22.3 Å². The van der Waals surface area contributed by atoms with Gasteiger partial charge in [0.15, 0.2) is 0 Å². The number of nitrogens with zero attached hydrogens (tertiary/aromatic N) is 1. The maximum atomic E-state index is 12.4. The predicted molar refractivity (Wildman–Crippen MR) is 81.1 cm³/mol. The zero-order valence-electron chi connectivity index (χ0n) is 11.2. The fourth-order valence-corrected chi connectivity index (χ4v) is 3.00. The fourth-order valence-electron chi connectivity index (χ4n) is 2.75. The van der Waals surface area contributed by atoms with Gasteiger partial charge >= 0.3 is 0 Å². The molecule has 2 aromatic rings. The minimum absolute atomic E-state index is 0.0349. The molecule has 1 saturated carbocycles. The normalized spacial score (nSPS) is 22.6. The first-order valence-electron chi connectivity index (χ1n) is 7.03. The number of fused-ring (bicyclic) bond motifs is 1. The first-order chi connectivity index (χ1) is 9.74. The van der Waals surface area contributed by atoms with Crippen molar-refractivity contribution in [1.29, 1.82) is 0 Å². The maximum absolute atomic E-state index is 12.4. The minimum atomic E-state index is -0.0349. The molecule has 1 aromatic carbocycles. The van der Waals surface area contributed by atoms with Gasteiger partial charge in [0.05, 0.1) is 11.1 Å². The van der Waals surface area contributed by atoms with Crippen LogP contribution in [0.5, 0.6) is 0 Å². The third-order valence-electron chi connectivity index (χ3n) is 3.87. The second-order valence-corrected chi connectivity index (χ2v) is 5.92. The number of benzene rings is 1.